The van der Waals surface area contributed by atoms with Gasteiger partial charge in [0.2, 0.25) is 17.6 Å². The van der Waals surface area contributed by atoms with Gasteiger partial charge in [0.1, 0.15) is 0 Å². The van der Waals surface area contributed by atoms with Gasteiger partial charge in [-0.1, -0.05) is 61.0 Å². The summed E-state index contributed by atoms with van der Waals surface area (Å²) in [6.07, 6.45) is 3.69. The highest BCUT2D eigenvalue weighted by Crippen LogP contribution is 2.26. The summed E-state index contributed by atoms with van der Waals surface area (Å²) in [4.78, 5) is 20.0. The van der Waals surface area contributed by atoms with Crippen LogP contribution in [0.25, 0.3) is 11.4 Å². The minimum Gasteiger partial charge on any atom is -0.338 e. The minimum atomic E-state index is -0.0440. The van der Waals surface area contributed by atoms with E-state index in [0.29, 0.717) is 24.8 Å². The Morgan fingerprint density at radius 3 is 2.62 bits per heavy atom. The van der Waals surface area contributed by atoms with E-state index in [1.807, 2.05) is 25.1 Å². The lowest BCUT2D eigenvalue weighted by molar-refractivity contribution is -0.121. The molecule has 1 amide bonds. The summed E-state index contributed by atoms with van der Waals surface area (Å²) in [6, 6.07) is 14.4. The molecule has 0 radical (unpaired) electrons. The van der Waals surface area contributed by atoms with Crippen molar-refractivity contribution in [1.82, 2.24) is 15.0 Å². The second-order valence-electron chi connectivity index (χ2n) is 8.60. The molecule has 3 aromatic rings. The summed E-state index contributed by atoms with van der Waals surface area (Å²) in [5.74, 6) is 1.26. The van der Waals surface area contributed by atoms with Crippen LogP contribution in [0, 0.1) is 12.8 Å². The van der Waals surface area contributed by atoms with E-state index >= 15 is 0 Å². The number of aryl methyl sites for hydroxylation is 3. The van der Waals surface area contributed by atoms with Crippen molar-refractivity contribution in [2.75, 3.05) is 18.4 Å². The lowest BCUT2D eigenvalue weighted by atomic mass is 9.96. The minimum absolute atomic E-state index is 0.0440. The van der Waals surface area contributed by atoms with Crippen LogP contribution in [0.1, 0.15) is 49.3 Å². The first-order valence-electron chi connectivity index (χ1n) is 11.6. The summed E-state index contributed by atoms with van der Waals surface area (Å²) >= 11 is 0. The van der Waals surface area contributed by atoms with Crippen molar-refractivity contribution in [3.63, 3.8) is 0 Å². The third-order valence-corrected chi connectivity index (χ3v) is 6.23. The molecule has 0 saturated carbocycles. The lowest BCUT2D eigenvalue weighted by Gasteiger charge is -2.31. The van der Waals surface area contributed by atoms with Gasteiger partial charge in [0.15, 0.2) is 0 Å². The maximum atomic E-state index is 13.1. The molecule has 1 N–H and O–H groups in total. The molecule has 1 aliphatic rings. The van der Waals surface area contributed by atoms with E-state index in [2.05, 4.69) is 58.5 Å². The van der Waals surface area contributed by atoms with Crippen LogP contribution in [0.4, 0.5) is 5.69 Å². The summed E-state index contributed by atoms with van der Waals surface area (Å²) in [6.45, 7) is 8.49. The number of carbonyl (C=O) groups excluding carboxylic acids is 1. The fourth-order valence-corrected chi connectivity index (χ4v) is 4.45. The van der Waals surface area contributed by atoms with Crippen molar-refractivity contribution in [2.24, 2.45) is 5.92 Å². The predicted molar refractivity (Wildman–Crippen MR) is 126 cm³/mol. The quantitative estimate of drug-likeness (QED) is 0.568. The number of hydrogen-bond donors (Lipinski definition) is 1. The van der Waals surface area contributed by atoms with E-state index in [-0.39, 0.29) is 11.8 Å². The second kappa shape index (κ2) is 10.1. The molecule has 0 spiro atoms. The average Bonchev–Trinajstić information content (AvgIpc) is 3.28. The van der Waals surface area contributed by atoms with Crippen LogP contribution in [0.2, 0.25) is 0 Å². The van der Waals surface area contributed by atoms with Gasteiger partial charge in [0.05, 0.1) is 12.5 Å². The van der Waals surface area contributed by atoms with Gasteiger partial charge < -0.3 is 9.84 Å². The molecule has 1 aromatic heterocycles. The third-order valence-electron chi connectivity index (χ3n) is 6.23. The first-order chi connectivity index (χ1) is 15.6. The number of nitrogens with one attached hydrogen (secondary N) is 1. The molecular formula is C26H32N4O2. The molecule has 32 heavy (non-hydrogen) atoms. The number of hydrogen-bond acceptors (Lipinski definition) is 5. The van der Waals surface area contributed by atoms with E-state index in [1.165, 1.54) is 11.1 Å². The fraction of sp³-hybridized carbons (Fsp3) is 0.423. The number of rotatable bonds is 7. The predicted octanol–water partition coefficient (Wildman–Crippen LogP) is 5.02. The number of carbonyl (C=O) groups is 1. The Balaban J connectivity index is 1.40. The standard InChI is InChI=1S/C26H32N4O2/c1-4-19-10-7-11-20(5-2)24(19)28-26(31)22-13-8-14-30(16-22)17-23-27-25(29-32-23)21-12-6-9-18(3)15-21/h6-7,9-12,15,22H,4-5,8,13-14,16-17H2,1-3H3,(H,28,31). The van der Waals surface area contributed by atoms with Crippen LogP contribution >= 0.6 is 0 Å². The zero-order chi connectivity index (χ0) is 22.5. The van der Waals surface area contributed by atoms with E-state index in [0.717, 1.165) is 49.0 Å². The molecule has 4 rings (SSSR count). The molecule has 168 valence electrons. The Morgan fingerprint density at radius 2 is 1.91 bits per heavy atom. The van der Waals surface area contributed by atoms with Gasteiger partial charge in [-0.3, -0.25) is 9.69 Å². The summed E-state index contributed by atoms with van der Waals surface area (Å²) < 4.78 is 5.51. The van der Waals surface area contributed by atoms with Gasteiger partial charge in [-0.2, -0.15) is 4.98 Å². The van der Waals surface area contributed by atoms with Gasteiger partial charge in [-0.05, 0) is 56.3 Å². The highest BCUT2D eigenvalue weighted by molar-refractivity contribution is 5.94. The van der Waals surface area contributed by atoms with Crippen molar-refractivity contribution >= 4 is 11.6 Å². The van der Waals surface area contributed by atoms with E-state index in [4.69, 9.17) is 4.52 Å². The SMILES string of the molecule is CCc1cccc(CC)c1NC(=O)C1CCCN(Cc2nc(-c3cccc(C)c3)no2)C1. The van der Waals surface area contributed by atoms with Crippen LogP contribution in [-0.4, -0.2) is 34.0 Å². The van der Waals surface area contributed by atoms with Crippen LogP contribution in [-0.2, 0) is 24.2 Å². The lowest BCUT2D eigenvalue weighted by Crippen LogP contribution is -2.40. The molecular weight excluding hydrogens is 400 g/mol. The number of likely N-dealkylation sites (tertiary alicyclic amines) is 1. The number of benzene rings is 2. The van der Waals surface area contributed by atoms with Crippen molar-refractivity contribution in [3.8, 4) is 11.4 Å². The maximum absolute atomic E-state index is 13.1. The molecule has 1 aliphatic heterocycles. The number of anilines is 1. The van der Waals surface area contributed by atoms with Crippen molar-refractivity contribution in [1.29, 1.82) is 0 Å². The van der Waals surface area contributed by atoms with Gasteiger partial charge in [-0.25, -0.2) is 0 Å². The Morgan fingerprint density at radius 1 is 1.16 bits per heavy atom. The van der Waals surface area contributed by atoms with Gasteiger partial charge >= 0.3 is 0 Å². The summed E-state index contributed by atoms with van der Waals surface area (Å²) in [5, 5.41) is 7.40. The highest BCUT2D eigenvalue weighted by Gasteiger charge is 2.27. The first kappa shape index (κ1) is 22.2. The molecule has 2 heterocycles. The molecule has 0 bridgehead atoms. The zero-order valence-corrected chi connectivity index (χ0v) is 19.2. The Kier molecular flexibility index (Phi) is 7.00. The Bertz CT molecular complexity index is 1050. The molecule has 6 heteroatoms. The topological polar surface area (TPSA) is 71.3 Å². The number of piperidine rings is 1. The van der Waals surface area contributed by atoms with E-state index < -0.39 is 0 Å². The summed E-state index contributed by atoms with van der Waals surface area (Å²) in [5.41, 5.74) is 5.51. The van der Waals surface area contributed by atoms with Crippen LogP contribution in [0.5, 0.6) is 0 Å². The number of nitrogens with zero attached hydrogens (tertiary/aromatic N) is 3. The largest absolute Gasteiger partial charge is 0.338 e. The van der Waals surface area contributed by atoms with E-state index in [9.17, 15) is 4.79 Å². The molecule has 1 saturated heterocycles. The van der Waals surface area contributed by atoms with Crippen LogP contribution in [0.15, 0.2) is 47.0 Å². The van der Waals surface area contributed by atoms with Crippen molar-refractivity contribution in [2.45, 2.75) is 53.0 Å². The maximum Gasteiger partial charge on any atom is 0.241 e. The third kappa shape index (κ3) is 5.07. The fourth-order valence-electron chi connectivity index (χ4n) is 4.45. The molecule has 1 atom stereocenters. The molecule has 0 aliphatic carbocycles. The Hall–Kier alpha value is -2.99. The highest BCUT2D eigenvalue weighted by atomic mass is 16.5. The van der Waals surface area contributed by atoms with Gasteiger partial charge in [0, 0.05) is 17.8 Å². The van der Waals surface area contributed by atoms with Crippen molar-refractivity contribution in [3.05, 3.63) is 65.0 Å². The normalized spacial score (nSPS) is 16.8. The number of amides is 1. The van der Waals surface area contributed by atoms with E-state index in [1.54, 1.807) is 0 Å². The van der Waals surface area contributed by atoms with Gasteiger partial charge in [-0.15, -0.1) is 0 Å². The molecule has 1 unspecified atom stereocenters. The van der Waals surface area contributed by atoms with Crippen LogP contribution < -0.4 is 5.32 Å². The number of para-hydroxylation sites is 1. The Labute approximate surface area is 190 Å². The molecule has 2 aromatic carbocycles. The zero-order valence-electron chi connectivity index (χ0n) is 19.2. The van der Waals surface area contributed by atoms with Crippen molar-refractivity contribution < 1.29 is 9.32 Å². The second-order valence-corrected chi connectivity index (χ2v) is 8.60. The summed E-state index contributed by atoms with van der Waals surface area (Å²) in [7, 11) is 0. The van der Waals surface area contributed by atoms with Gasteiger partial charge in [0.25, 0.3) is 0 Å². The van der Waals surface area contributed by atoms with Crippen LogP contribution in [0.3, 0.4) is 0 Å². The monoisotopic (exact) mass is 432 g/mol. The molecule has 1 fully saturated rings. The first-order valence-corrected chi connectivity index (χ1v) is 11.6. The molecule has 6 nitrogen and oxygen atoms in total. The average molecular weight is 433 g/mol. The smallest absolute Gasteiger partial charge is 0.241 e. The number of aromatic nitrogens is 2.